The van der Waals surface area contributed by atoms with Crippen molar-refractivity contribution in [1.29, 1.82) is 0 Å². The largest absolute Gasteiger partial charge is 0.395 e. The first-order valence-corrected chi connectivity index (χ1v) is 7.26. The average Bonchev–Trinajstić information content (AvgIpc) is 2.72. The summed E-state index contributed by atoms with van der Waals surface area (Å²) >= 11 is 0. The van der Waals surface area contributed by atoms with Gasteiger partial charge in [0.1, 0.15) is 0 Å². The number of aliphatic hydroxyl groups excluding tert-OH is 2. The van der Waals surface area contributed by atoms with E-state index < -0.39 is 22.2 Å². The normalized spacial score (nSPS) is 25.5. The minimum atomic E-state index is -3.64. The molecule has 0 amide bonds. The molecule has 6 heteroatoms. The highest BCUT2D eigenvalue weighted by Gasteiger charge is 2.39. The standard InChI is InChI=1S/C12H17NO4S/c1-9-2-4-12(5-3-9)18(16,17)13-7-11(15)6-10(13)8-14/h2-5,10-11,14-15H,6-8H2,1H3/t10-,11-/m1/s1. The second-order valence-electron chi connectivity index (χ2n) is 4.61. The zero-order chi connectivity index (χ0) is 13.3. The minimum absolute atomic E-state index is 0.0431. The number of rotatable bonds is 3. The number of hydrogen-bond donors (Lipinski definition) is 2. The van der Waals surface area contributed by atoms with Gasteiger partial charge in [0.05, 0.1) is 23.6 Å². The Morgan fingerprint density at radius 3 is 2.50 bits per heavy atom. The number of sulfonamides is 1. The number of aryl methyl sites for hydroxylation is 1. The van der Waals surface area contributed by atoms with Crippen molar-refractivity contribution in [2.45, 2.75) is 30.4 Å². The molecule has 0 radical (unpaired) electrons. The molecule has 0 saturated carbocycles. The number of benzene rings is 1. The van der Waals surface area contributed by atoms with Crippen LogP contribution < -0.4 is 0 Å². The van der Waals surface area contributed by atoms with Crippen molar-refractivity contribution in [2.75, 3.05) is 13.2 Å². The van der Waals surface area contributed by atoms with Crippen LogP contribution in [-0.2, 0) is 10.0 Å². The van der Waals surface area contributed by atoms with Gasteiger partial charge in [-0.3, -0.25) is 0 Å². The van der Waals surface area contributed by atoms with E-state index in [0.29, 0.717) is 0 Å². The Kier molecular flexibility index (Phi) is 3.72. The van der Waals surface area contributed by atoms with Crippen LogP contribution in [0.25, 0.3) is 0 Å². The summed E-state index contributed by atoms with van der Waals surface area (Å²) in [6.45, 7) is 1.65. The number of nitrogens with zero attached hydrogens (tertiary/aromatic N) is 1. The molecular formula is C12H17NO4S. The lowest BCUT2D eigenvalue weighted by Crippen LogP contribution is -2.37. The highest BCUT2D eigenvalue weighted by Crippen LogP contribution is 2.26. The van der Waals surface area contributed by atoms with E-state index in [1.165, 1.54) is 4.31 Å². The summed E-state index contributed by atoms with van der Waals surface area (Å²) in [5.74, 6) is 0. The van der Waals surface area contributed by atoms with E-state index >= 15 is 0 Å². The summed E-state index contributed by atoms with van der Waals surface area (Å²) in [6, 6.07) is 6.01. The summed E-state index contributed by atoms with van der Waals surface area (Å²) in [4.78, 5) is 0.195. The van der Waals surface area contributed by atoms with E-state index in [0.717, 1.165) is 5.56 Å². The fourth-order valence-electron chi connectivity index (χ4n) is 2.17. The van der Waals surface area contributed by atoms with Crippen LogP contribution in [0.15, 0.2) is 29.2 Å². The molecule has 1 heterocycles. The van der Waals surface area contributed by atoms with Crippen LogP contribution in [0.1, 0.15) is 12.0 Å². The average molecular weight is 271 g/mol. The lowest BCUT2D eigenvalue weighted by Gasteiger charge is -2.22. The molecule has 0 aromatic heterocycles. The second kappa shape index (κ2) is 4.97. The van der Waals surface area contributed by atoms with Crippen molar-refractivity contribution in [3.63, 3.8) is 0 Å². The highest BCUT2D eigenvalue weighted by atomic mass is 32.2. The Balaban J connectivity index is 2.33. The zero-order valence-electron chi connectivity index (χ0n) is 10.2. The van der Waals surface area contributed by atoms with Gasteiger partial charge in [-0.25, -0.2) is 8.42 Å². The maximum atomic E-state index is 12.4. The predicted octanol–water partition coefficient (Wildman–Crippen LogP) is 0.111. The molecule has 1 saturated heterocycles. The third-order valence-corrected chi connectivity index (χ3v) is 5.11. The van der Waals surface area contributed by atoms with Crippen molar-refractivity contribution in [2.24, 2.45) is 0 Å². The minimum Gasteiger partial charge on any atom is -0.395 e. The SMILES string of the molecule is Cc1ccc(S(=O)(=O)N2C[C@H](O)C[C@@H]2CO)cc1. The third-order valence-electron chi connectivity index (χ3n) is 3.18. The number of hydrogen-bond acceptors (Lipinski definition) is 4. The molecule has 1 fully saturated rings. The van der Waals surface area contributed by atoms with Crippen molar-refractivity contribution < 1.29 is 18.6 Å². The van der Waals surface area contributed by atoms with E-state index in [-0.39, 0.29) is 24.5 Å². The van der Waals surface area contributed by atoms with Gasteiger partial charge in [-0.1, -0.05) is 17.7 Å². The molecule has 1 aromatic carbocycles. The van der Waals surface area contributed by atoms with Gasteiger partial charge in [-0.15, -0.1) is 0 Å². The fourth-order valence-corrected chi connectivity index (χ4v) is 3.83. The first-order chi connectivity index (χ1) is 8.45. The van der Waals surface area contributed by atoms with Crippen molar-refractivity contribution in [1.82, 2.24) is 4.31 Å². The third kappa shape index (κ3) is 2.42. The zero-order valence-corrected chi connectivity index (χ0v) is 11.0. The van der Waals surface area contributed by atoms with Crippen LogP contribution in [0.2, 0.25) is 0 Å². The molecular weight excluding hydrogens is 254 g/mol. The molecule has 2 atom stereocenters. The number of aliphatic hydroxyl groups is 2. The maximum absolute atomic E-state index is 12.4. The molecule has 0 spiro atoms. The van der Waals surface area contributed by atoms with Gasteiger partial charge in [0.15, 0.2) is 0 Å². The first kappa shape index (κ1) is 13.5. The summed E-state index contributed by atoms with van der Waals surface area (Å²) in [7, 11) is -3.64. The monoisotopic (exact) mass is 271 g/mol. The molecule has 1 aromatic rings. The van der Waals surface area contributed by atoms with Crippen LogP contribution in [0, 0.1) is 6.92 Å². The van der Waals surface area contributed by atoms with Crippen molar-refractivity contribution in [3.8, 4) is 0 Å². The van der Waals surface area contributed by atoms with Crippen molar-refractivity contribution in [3.05, 3.63) is 29.8 Å². The summed E-state index contributed by atoms with van der Waals surface area (Å²) < 4.78 is 25.9. The van der Waals surface area contributed by atoms with E-state index in [1.54, 1.807) is 24.3 Å². The summed E-state index contributed by atoms with van der Waals surface area (Å²) in [5, 5.41) is 18.7. The van der Waals surface area contributed by atoms with Gasteiger partial charge < -0.3 is 10.2 Å². The van der Waals surface area contributed by atoms with Gasteiger partial charge >= 0.3 is 0 Å². The quantitative estimate of drug-likeness (QED) is 0.818. The molecule has 2 N–H and O–H groups in total. The predicted molar refractivity (Wildman–Crippen MR) is 66.6 cm³/mol. The van der Waals surface area contributed by atoms with Crippen LogP contribution in [0.4, 0.5) is 0 Å². The Morgan fingerprint density at radius 1 is 1.33 bits per heavy atom. The molecule has 1 aliphatic rings. The molecule has 0 aliphatic carbocycles. The molecule has 1 aliphatic heterocycles. The Labute approximate surface area is 107 Å². The van der Waals surface area contributed by atoms with Crippen LogP contribution in [0.3, 0.4) is 0 Å². The topological polar surface area (TPSA) is 77.8 Å². The first-order valence-electron chi connectivity index (χ1n) is 5.82. The molecule has 0 bridgehead atoms. The summed E-state index contributed by atoms with van der Waals surface area (Å²) in [5.41, 5.74) is 0.981. The smallest absolute Gasteiger partial charge is 0.243 e. The molecule has 5 nitrogen and oxygen atoms in total. The van der Waals surface area contributed by atoms with Crippen LogP contribution >= 0.6 is 0 Å². The Hall–Kier alpha value is -0.950. The molecule has 2 rings (SSSR count). The second-order valence-corrected chi connectivity index (χ2v) is 6.50. The lowest BCUT2D eigenvalue weighted by molar-refractivity contribution is 0.184. The molecule has 18 heavy (non-hydrogen) atoms. The van der Waals surface area contributed by atoms with Gasteiger partial charge in [0.25, 0.3) is 0 Å². The Bertz CT molecular complexity index is 511. The van der Waals surface area contributed by atoms with Crippen LogP contribution in [-0.4, -0.2) is 48.2 Å². The maximum Gasteiger partial charge on any atom is 0.243 e. The van der Waals surface area contributed by atoms with Gasteiger partial charge in [-0.2, -0.15) is 4.31 Å². The highest BCUT2D eigenvalue weighted by molar-refractivity contribution is 7.89. The van der Waals surface area contributed by atoms with Gasteiger partial charge in [-0.05, 0) is 25.5 Å². The Morgan fingerprint density at radius 2 is 1.94 bits per heavy atom. The lowest BCUT2D eigenvalue weighted by atomic mass is 10.2. The van der Waals surface area contributed by atoms with E-state index in [9.17, 15) is 18.6 Å². The van der Waals surface area contributed by atoms with Crippen LogP contribution in [0.5, 0.6) is 0 Å². The van der Waals surface area contributed by atoms with E-state index in [1.807, 2.05) is 6.92 Å². The van der Waals surface area contributed by atoms with Gasteiger partial charge in [0, 0.05) is 6.54 Å². The van der Waals surface area contributed by atoms with E-state index in [2.05, 4.69) is 0 Å². The fraction of sp³-hybridized carbons (Fsp3) is 0.500. The van der Waals surface area contributed by atoms with E-state index in [4.69, 9.17) is 0 Å². The molecule has 0 unspecified atom stereocenters. The molecule has 100 valence electrons. The number of β-amino-alcohol motifs (C(OH)–C–C–N with tert-alkyl or cyclic N) is 1. The van der Waals surface area contributed by atoms with Crippen molar-refractivity contribution >= 4 is 10.0 Å². The summed E-state index contributed by atoms with van der Waals surface area (Å²) in [6.07, 6.45) is -0.427. The van der Waals surface area contributed by atoms with Gasteiger partial charge in [0.2, 0.25) is 10.0 Å².